The second-order valence-corrected chi connectivity index (χ2v) is 6.27. The molecule has 108 valence electrons. The normalized spacial score (nSPS) is 22.0. The Morgan fingerprint density at radius 3 is 3.10 bits per heavy atom. The number of rotatable bonds is 3. The molecule has 0 bridgehead atoms. The number of nitrogens with zero attached hydrogens (tertiary/aromatic N) is 2. The topological polar surface area (TPSA) is 51.2 Å². The molecule has 1 aliphatic rings. The highest BCUT2D eigenvalue weighted by molar-refractivity contribution is 9.10. The lowest BCUT2D eigenvalue weighted by Crippen LogP contribution is -2.33. The SMILES string of the molecule is CCn1nc(C)c(Br)c1CC1(O)CCCc2occc21. The molecule has 1 N–H and O–H groups in total. The summed E-state index contributed by atoms with van der Waals surface area (Å²) >= 11 is 3.61. The summed E-state index contributed by atoms with van der Waals surface area (Å²) in [6.07, 6.45) is 4.87. The summed E-state index contributed by atoms with van der Waals surface area (Å²) in [6, 6.07) is 1.90. The maximum atomic E-state index is 11.1. The summed E-state index contributed by atoms with van der Waals surface area (Å²) < 4.78 is 8.45. The van der Waals surface area contributed by atoms with Gasteiger partial charge in [-0.05, 0) is 48.7 Å². The Kier molecular flexibility index (Phi) is 3.50. The summed E-state index contributed by atoms with van der Waals surface area (Å²) in [7, 11) is 0. The van der Waals surface area contributed by atoms with E-state index in [4.69, 9.17) is 4.42 Å². The number of halogens is 1. The number of aryl methyl sites for hydroxylation is 3. The monoisotopic (exact) mass is 338 g/mol. The van der Waals surface area contributed by atoms with Gasteiger partial charge in [0.2, 0.25) is 0 Å². The third kappa shape index (κ3) is 2.13. The summed E-state index contributed by atoms with van der Waals surface area (Å²) in [5.41, 5.74) is 2.12. The molecular formula is C15H19BrN2O2. The quantitative estimate of drug-likeness (QED) is 0.933. The second-order valence-electron chi connectivity index (χ2n) is 5.48. The van der Waals surface area contributed by atoms with Gasteiger partial charge in [-0.2, -0.15) is 5.10 Å². The second kappa shape index (κ2) is 5.04. The van der Waals surface area contributed by atoms with Crippen LogP contribution in [0.1, 0.15) is 42.5 Å². The van der Waals surface area contributed by atoms with Gasteiger partial charge in [0.15, 0.2) is 0 Å². The highest BCUT2D eigenvalue weighted by atomic mass is 79.9. The molecule has 2 aromatic rings. The average Bonchev–Trinajstić information content (AvgIpc) is 3.00. The molecule has 2 heterocycles. The Morgan fingerprint density at radius 2 is 2.35 bits per heavy atom. The maximum Gasteiger partial charge on any atom is 0.109 e. The molecule has 0 spiro atoms. The van der Waals surface area contributed by atoms with E-state index >= 15 is 0 Å². The molecule has 0 aliphatic heterocycles. The molecule has 3 rings (SSSR count). The van der Waals surface area contributed by atoms with E-state index in [0.29, 0.717) is 6.42 Å². The number of furan rings is 1. The van der Waals surface area contributed by atoms with Crippen LogP contribution in [0.4, 0.5) is 0 Å². The fourth-order valence-electron chi connectivity index (χ4n) is 3.12. The third-order valence-electron chi connectivity index (χ3n) is 4.15. The summed E-state index contributed by atoms with van der Waals surface area (Å²) in [4.78, 5) is 0. The minimum atomic E-state index is -0.845. The predicted octanol–water partition coefficient (Wildman–Crippen LogP) is 3.33. The van der Waals surface area contributed by atoms with Crippen molar-refractivity contribution in [1.82, 2.24) is 9.78 Å². The van der Waals surface area contributed by atoms with Crippen LogP contribution in [0.25, 0.3) is 0 Å². The summed E-state index contributed by atoms with van der Waals surface area (Å²) in [5.74, 6) is 0.925. The number of hydrogen-bond acceptors (Lipinski definition) is 3. The Morgan fingerprint density at radius 1 is 1.55 bits per heavy atom. The molecule has 5 heteroatoms. The minimum absolute atomic E-state index is 0.564. The van der Waals surface area contributed by atoms with Gasteiger partial charge in [-0.3, -0.25) is 4.68 Å². The van der Waals surface area contributed by atoms with Crippen LogP contribution in [0, 0.1) is 6.92 Å². The molecule has 0 saturated heterocycles. The van der Waals surface area contributed by atoms with E-state index < -0.39 is 5.60 Å². The van der Waals surface area contributed by atoms with Gasteiger partial charge in [0.05, 0.1) is 27.7 Å². The van der Waals surface area contributed by atoms with Crippen molar-refractivity contribution >= 4 is 15.9 Å². The van der Waals surface area contributed by atoms with Crippen LogP contribution >= 0.6 is 15.9 Å². The smallest absolute Gasteiger partial charge is 0.109 e. The molecule has 20 heavy (non-hydrogen) atoms. The first-order valence-electron chi connectivity index (χ1n) is 7.06. The number of aromatic nitrogens is 2. The van der Waals surface area contributed by atoms with Gasteiger partial charge in [-0.25, -0.2) is 0 Å². The van der Waals surface area contributed by atoms with Crippen LogP contribution in [0.5, 0.6) is 0 Å². The molecule has 2 aromatic heterocycles. The average molecular weight is 339 g/mol. The van der Waals surface area contributed by atoms with E-state index in [2.05, 4.69) is 28.0 Å². The van der Waals surface area contributed by atoms with Crippen molar-refractivity contribution in [1.29, 1.82) is 0 Å². The minimum Gasteiger partial charge on any atom is -0.469 e. The fourth-order valence-corrected chi connectivity index (χ4v) is 3.55. The van der Waals surface area contributed by atoms with Crippen LogP contribution in [-0.4, -0.2) is 14.9 Å². The van der Waals surface area contributed by atoms with E-state index in [9.17, 15) is 5.11 Å². The van der Waals surface area contributed by atoms with Gasteiger partial charge < -0.3 is 9.52 Å². The molecule has 0 saturated carbocycles. The summed E-state index contributed by atoms with van der Waals surface area (Å²) in [5, 5.41) is 15.6. The molecule has 0 radical (unpaired) electrons. The lowest BCUT2D eigenvalue weighted by atomic mass is 9.80. The molecule has 0 fully saturated rings. The molecule has 1 unspecified atom stereocenters. The van der Waals surface area contributed by atoms with Crippen molar-refractivity contribution in [3.8, 4) is 0 Å². The molecule has 0 amide bonds. The van der Waals surface area contributed by atoms with Crippen LogP contribution in [0.2, 0.25) is 0 Å². The zero-order valence-corrected chi connectivity index (χ0v) is 13.4. The number of aliphatic hydroxyl groups is 1. The lowest BCUT2D eigenvalue weighted by molar-refractivity contribution is 0.0148. The van der Waals surface area contributed by atoms with E-state index in [-0.39, 0.29) is 0 Å². The van der Waals surface area contributed by atoms with Gasteiger partial charge in [0.25, 0.3) is 0 Å². The van der Waals surface area contributed by atoms with Crippen molar-refractivity contribution in [2.75, 3.05) is 0 Å². The Balaban J connectivity index is 2.00. The summed E-state index contributed by atoms with van der Waals surface area (Å²) in [6.45, 7) is 4.85. The Labute approximate surface area is 126 Å². The van der Waals surface area contributed by atoms with E-state index in [1.54, 1.807) is 6.26 Å². The number of hydrogen-bond donors (Lipinski definition) is 1. The first-order valence-corrected chi connectivity index (χ1v) is 7.85. The van der Waals surface area contributed by atoms with Gasteiger partial charge >= 0.3 is 0 Å². The van der Waals surface area contributed by atoms with Gasteiger partial charge in [-0.15, -0.1) is 0 Å². The van der Waals surface area contributed by atoms with Gasteiger partial charge in [-0.1, -0.05) is 0 Å². The molecule has 1 atom stereocenters. The van der Waals surface area contributed by atoms with Crippen LogP contribution in [-0.2, 0) is 25.0 Å². The van der Waals surface area contributed by atoms with Gasteiger partial charge in [0, 0.05) is 24.9 Å². The van der Waals surface area contributed by atoms with Crippen LogP contribution in [0.15, 0.2) is 21.2 Å². The van der Waals surface area contributed by atoms with Crippen molar-refractivity contribution in [2.24, 2.45) is 0 Å². The van der Waals surface area contributed by atoms with Crippen molar-refractivity contribution in [2.45, 2.75) is 51.7 Å². The third-order valence-corrected chi connectivity index (χ3v) is 5.19. The maximum absolute atomic E-state index is 11.1. The highest BCUT2D eigenvalue weighted by Gasteiger charge is 2.38. The standard InChI is InChI=1S/C15H19BrN2O2/c1-3-18-12(14(16)10(2)17-18)9-15(19)7-4-5-13-11(15)6-8-20-13/h6,8,19H,3-5,7,9H2,1-2H3. The molecule has 4 nitrogen and oxygen atoms in total. The number of fused-ring (bicyclic) bond motifs is 1. The Hall–Kier alpha value is -1.07. The van der Waals surface area contributed by atoms with Crippen molar-refractivity contribution in [3.05, 3.63) is 39.5 Å². The van der Waals surface area contributed by atoms with Crippen molar-refractivity contribution in [3.63, 3.8) is 0 Å². The van der Waals surface area contributed by atoms with Crippen LogP contribution in [0.3, 0.4) is 0 Å². The first-order chi connectivity index (χ1) is 9.55. The Bertz CT molecular complexity index is 632. The largest absolute Gasteiger partial charge is 0.469 e. The molecule has 0 aromatic carbocycles. The zero-order chi connectivity index (χ0) is 14.3. The zero-order valence-electron chi connectivity index (χ0n) is 11.8. The molecule has 1 aliphatic carbocycles. The lowest BCUT2D eigenvalue weighted by Gasteiger charge is -2.32. The first kappa shape index (κ1) is 13.9. The van der Waals surface area contributed by atoms with E-state index in [1.165, 1.54) is 0 Å². The van der Waals surface area contributed by atoms with Crippen LogP contribution < -0.4 is 0 Å². The molecular weight excluding hydrogens is 320 g/mol. The highest BCUT2D eigenvalue weighted by Crippen LogP contribution is 2.40. The van der Waals surface area contributed by atoms with E-state index in [0.717, 1.165) is 53.0 Å². The van der Waals surface area contributed by atoms with Crippen molar-refractivity contribution < 1.29 is 9.52 Å². The van der Waals surface area contributed by atoms with Gasteiger partial charge in [0.1, 0.15) is 5.76 Å². The predicted molar refractivity (Wildman–Crippen MR) is 79.6 cm³/mol. The fraction of sp³-hybridized carbons (Fsp3) is 0.533. The van der Waals surface area contributed by atoms with E-state index in [1.807, 2.05) is 17.7 Å².